The van der Waals surface area contributed by atoms with Crippen LogP contribution < -0.4 is 9.21 Å². The van der Waals surface area contributed by atoms with E-state index in [0.29, 0.717) is 37.8 Å². The van der Waals surface area contributed by atoms with Gasteiger partial charge in [-0.3, -0.25) is 4.98 Å². The predicted octanol–water partition coefficient (Wildman–Crippen LogP) is 6.87. The predicted molar refractivity (Wildman–Crippen MR) is 153 cm³/mol. The van der Waals surface area contributed by atoms with E-state index in [4.69, 9.17) is 4.74 Å². The molecule has 0 aliphatic carbocycles. The number of pyridine rings is 2. The Morgan fingerprint density at radius 3 is 2.31 bits per heavy atom. The maximum absolute atomic E-state index is 14.0. The number of fused-ring (bicyclic) bond motifs is 1. The molecular weight excluding hydrogens is 591 g/mol. The van der Waals surface area contributed by atoms with Crippen molar-refractivity contribution in [3.8, 4) is 28.1 Å². The lowest BCUT2D eigenvalue weighted by Gasteiger charge is -2.24. The van der Waals surface area contributed by atoms with E-state index >= 15 is 0 Å². The third kappa shape index (κ3) is 5.52. The summed E-state index contributed by atoms with van der Waals surface area (Å²) in [6, 6.07) is 19.6. The van der Waals surface area contributed by atoms with E-state index in [1.807, 2.05) is 0 Å². The molecule has 0 atom stereocenters. The number of rotatable bonds is 7. The summed E-state index contributed by atoms with van der Waals surface area (Å²) < 4.78 is 73.6. The first-order chi connectivity index (χ1) is 19.9. The Balaban J connectivity index is 1.73. The first-order valence-electron chi connectivity index (χ1n) is 12.3. The summed E-state index contributed by atoms with van der Waals surface area (Å²) in [5.74, 6) is -2.21. The third-order valence-corrected chi connectivity index (χ3v) is 8.76. The molecule has 0 aliphatic rings. The van der Waals surface area contributed by atoms with Crippen LogP contribution in [-0.2, 0) is 19.7 Å². The molecule has 216 valence electrons. The summed E-state index contributed by atoms with van der Waals surface area (Å²) in [5, 5.41) is 0.184. The van der Waals surface area contributed by atoms with Crippen LogP contribution in [0, 0.1) is 13.8 Å². The molecular formula is C29H22F3N3O5S2. The average Bonchev–Trinajstić information content (AvgIpc) is 3.30. The van der Waals surface area contributed by atoms with E-state index in [2.05, 4.69) is 14.8 Å². The van der Waals surface area contributed by atoms with Crippen molar-refractivity contribution < 1.29 is 36.0 Å². The Hall–Kier alpha value is -4.49. The van der Waals surface area contributed by atoms with Crippen LogP contribution in [0.4, 0.5) is 18.9 Å². The van der Waals surface area contributed by atoms with Gasteiger partial charge in [-0.2, -0.15) is 21.6 Å². The van der Waals surface area contributed by atoms with Gasteiger partial charge < -0.3 is 9.57 Å². The molecule has 2 aromatic carbocycles. The molecule has 0 spiro atoms. The van der Waals surface area contributed by atoms with Crippen molar-refractivity contribution in [1.29, 1.82) is 0 Å². The van der Waals surface area contributed by atoms with Crippen LogP contribution in [0.25, 0.3) is 32.6 Å². The molecule has 0 unspecified atom stereocenters. The van der Waals surface area contributed by atoms with Gasteiger partial charge in [-0.05, 0) is 49.7 Å². The maximum Gasteiger partial charge on any atom is 0.493 e. The molecule has 42 heavy (non-hydrogen) atoms. The Bertz CT molecular complexity index is 1890. The minimum Gasteiger partial charge on any atom is -0.497 e. The van der Waals surface area contributed by atoms with Gasteiger partial charge in [-0.1, -0.05) is 46.9 Å². The van der Waals surface area contributed by atoms with Gasteiger partial charge in [0.1, 0.15) is 21.2 Å². The zero-order valence-corrected chi connectivity index (χ0v) is 24.0. The lowest BCUT2D eigenvalue weighted by atomic mass is 10.0. The molecule has 5 aromatic rings. The van der Waals surface area contributed by atoms with E-state index in [-0.39, 0.29) is 21.2 Å². The van der Waals surface area contributed by atoms with E-state index < -0.39 is 27.1 Å². The maximum atomic E-state index is 14.0. The molecule has 3 heterocycles. The monoisotopic (exact) mass is 613 g/mol. The number of hydrogen-bond donors (Lipinski definition) is 0. The molecule has 0 fully saturated rings. The van der Waals surface area contributed by atoms with Crippen molar-refractivity contribution in [3.05, 3.63) is 89.6 Å². The number of alkyl halides is 3. The van der Waals surface area contributed by atoms with Crippen LogP contribution in [0.2, 0.25) is 0 Å². The first-order valence-corrected chi connectivity index (χ1v) is 14.6. The summed E-state index contributed by atoms with van der Waals surface area (Å²) in [4.78, 5) is 26.0. The highest BCUT2D eigenvalue weighted by atomic mass is 32.2. The van der Waals surface area contributed by atoms with Crippen molar-refractivity contribution >= 4 is 43.2 Å². The number of thiophene rings is 1. The Morgan fingerprint density at radius 2 is 1.67 bits per heavy atom. The lowest BCUT2D eigenvalue weighted by molar-refractivity contribution is -0.199. The molecule has 8 nitrogen and oxygen atoms in total. The van der Waals surface area contributed by atoms with Crippen LogP contribution in [0.15, 0.2) is 83.9 Å². The molecule has 3 aromatic heterocycles. The fourth-order valence-corrected chi connectivity index (χ4v) is 6.64. The number of aryl methyl sites for hydroxylation is 2. The fourth-order valence-electron chi connectivity index (χ4n) is 4.34. The van der Waals surface area contributed by atoms with Gasteiger partial charge in [0.25, 0.3) is 10.0 Å². The number of carbonyl (C=O) groups excluding carboxylic acids is 1. The Labute approximate surface area is 243 Å². The number of hydrogen-bond acceptors (Lipinski definition) is 8. The first kappa shape index (κ1) is 29.0. The third-order valence-electron chi connectivity index (χ3n) is 6.22. The number of anilines is 1. The van der Waals surface area contributed by atoms with Crippen LogP contribution >= 0.6 is 11.3 Å². The Morgan fingerprint density at radius 1 is 0.952 bits per heavy atom. The summed E-state index contributed by atoms with van der Waals surface area (Å²) in [6.07, 6.45) is -4.48. The van der Waals surface area contributed by atoms with Crippen molar-refractivity contribution in [1.82, 2.24) is 9.97 Å². The number of carbonyl (C=O) groups is 1. The molecule has 0 N–H and O–H groups in total. The van der Waals surface area contributed by atoms with Gasteiger partial charge in [0.2, 0.25) is 0 Å². The Kier molecular flexibility index (Phi) is 7.64. The molecule has 13 heteroatoms. The second-order valence-corrected chi connectivity index (χ2v) is 12.0. The van der Waals surface area contributed by atoms with Crippen LogP contribution in [0.5, 0.6) is 5.75 Å². The second-order valence-electron chi connectivity index (χ2n) is 9.08. The minimum absolute atomic E-state index is 0.00880. The van der Waals surface area contributed by atoms with Crippen molar-refractivity contribution in [2.75, 3.05) is 11.6 Å². The van der Waals surface area contributed by atoms with Gasteiger partial charge in [0.15, 0.2) is 0 Å². The fraction of sp³-hybridized carbons (Fsp3) is 0.138. The number of ether oxygens (including phenoxy) is 1. The van der Waals surface area contributed by atoms with E-state index in [1.54, 1.807) is 68.4 Å². The number of nitrogens with zero attached hydrogens (tertiary/aromatic N) is 3. The molecule has 0 radical (unpaired) electrons. The molecule has 0 amide bonds. The number of benzene rings is 2. The van der Waals surface area contributed by atoms with E-state index in [0.717, 1.165) is 6.20 Å². The number of methoxy groups -OCH3 is 1. The van der Waals surface area contributed by atoms with Crippen LogP contribution in [0.3, 0.4) is 0 Å². The van der Waals surface area contributed by atoms with E-state index in [9.17, 15) is 26.4 Å². The largest absolute Gasteiger partial charge is 0.497 e. The van der Waals surface area contributed by atoms with E-state index in [1.165, 1.54) is 36.6 Å². The van der Waals surface area contributed by atoms with Crippen LogP contribution in [0.1, 0.15) is 10.6 Å². The molecule has 0 saturated heterocycles. The summed E-state index contributed by atoms with van der Waals surface area (Å²) in [5.41, 5.74) is 2.20. The smallest absolute Gasteiger partial charge is 0.493 e. The summed E-state index contributed by atoms with van der Waals surface area (Å²) in [7, 11) is -3.46. The minimum atomic E-state index is -5.48. The van der Waals surface area contributed by atoms with Gasteiger partial charge in [-0.25, -0.2) is 9.78 Å². The van der Waals surface area contributed by atoms with Gasteiger partial charge in [0.05, 0.1) is 12.8 Å². The second kappa shape index (κ2) is 11.1. The highest BCUT2D eigenvalue weighted by Crippen LogP contribution is 2.45. The van der Waals surface area contributed by atoms with Crippen LogP contribution in [-0.4, -0.2) is 37.6 Å². The molecule has 0 aliphatic heterocycles. The normalized spacial score (nSPS) is 11.9. The molecule has 5 rings (SSSR count). The van der Waals surface area contributed by atoms with Gasteiger partial charge >= 0.3 is 12.1 Å². The molecule has 0 bridgehead atoms. The topological polar surface area (TPSA) is 98.7 Å². The average molecular weight is 614 g/mol. The highest BCUT2D eigenvalue weighted by Gasteiger charge is 2.45. The zero-order chi connectivity index (χ0) is 30.2. The van der Waals surface area contributed by atoms with Crippen molar-refractivity contribution in [2.24, 2.45) is 0 Å². The SMILES string of the molecule is COc1cccc(-c2c(C)sc3nc(C)cc(N(OC(=O)C(F)(F)F)S(=O)(=O)c4ccc(-c5ccccc5)nc4)c23)c1. The molecule has 0 saturated carbocycles. The van der Waals surface area contributed by atoms with Gasteiger partial charge in [0, 0.05) is 33.3 Å². The summed E-state index contributed by atoms with van der Waals surface area (Å²) in [6.45, 7) is 3.32. The lowest BCUT2D eigenvalue weighted by Crippen LogP contribution is -2.39. The standard InChI is InChI=1S/C29H22F3N3O5S2/c1-17-14-24(26-25(18(2)41-27(26)34-17)20-10-7-11-21(15-20)39-3)35(40-28(36)29(30,31)32)42(37,38)22-12-13-23(33-16-22)19-8-5-4-6-9-19/h4-16H,1-3H3. The quantitative estimate of drug-likeness (QED) is 0.185. The van der Waals surface area contributed by atoms with Gasteiger partial charge in [-0.15, -0.1) is 11.3 Å². The number of sulfonamides is 1. The summed E-state index contributed by atoms with van der Waals surface area (Å²) >= 11 is 1.21. The number of halogens is 3. The highest BCUT2D eigenvalue weighted by molar-refractivity contribution is 7.92. The van der Waals surface area contributed by atoms with Crippen molar-refractivity contribution in [3.63, 3.8) is 0 Å². The van der Waals surface area contributed by atoms with Crippen molar-refractivity contribution in [2.45, 2.75) is 24.9 Å². The number of aromatic nitrogens is 2. The zero-order valence-electron chi connectivity index (χ0n) is 22.3.